The van der Waals surface area contributed by atoms with E-state index in [0.717, 1.165) is 36.2 Å². The summed E-state index contributed by atoms with van der Waals surface area (Å²) in [5.74, 6) is 1.29. The third kappa shape index (κ3) is 2.49. The summed E-state index contributed by atoms with van der Waals surface area (Å²) in [5.41, 5.74) is -0.0451. The number of hydrogen-bond acceptors (Lipinski definition) is 3. The molecule has 0 spiro atoms. The number of anilines is 1. The third-order valence-corrected chi connectivity index (χ3v) is 3.84. The van der Waals surface area contributed by atoms with E-state index >= 15 is 0 Å². The Morgan fingerprint density at radius 2 is 2.26 bits per heavy atom. The molecule has 4 nitrogen and oxygen atoms in total. The molecule has 0 amide bonds. The lowest BCUT2D eigenvalue weighted by atomic mass is 10.0. The van der Waals surface area contributed by atoms with Crippen LogP contribution in [0.2, 0.25) is 0 Å². The summed E-state index contributed by atoms with van der Waals surface area (Å²) in [7, 11) is 0. The predicted molar refractivity (Wildman–Crippen MR) is 76.6 cm³/mol. The molecule has 2 N–H and O–H groups in total. The Balaban J connectivity index is 1.80. The summed E-state index contributed by atoms with van der Waals surface area (Å²) in [4.78, 5) is 14.8. The quantitative estimate of drug-likeness (QED) is 0.888. The Labute approximate surface area is 111 Å². The summed E-state index contributed by atoms with van der Waals surface area (Å²) >= 11 is 0. The number of rotatable bonds is 3. The van der Waals surface area contributed by atoms with E-state index < -0.39 is 0 Å². The molecule has 0 bridgehead atoms. The van der Waals surface area contributed by atoms with Gasteiger partial charge in [-0.3, -0.25) is 4.79 Å². The van der Waals surface area contributed by atoms with Gasteiger partial charge < -0.3 is 15.0 Å². The smallest absolute Gasteiger partial charge is 0.257 e. The number of aromatic amines is 1. The normalized spacial score (nSPS) is 22.8. The number of hydrogen-bond donors (Lipinski definition) is 2. The van der Waals surface area contributed by atoms with Crippen LogP contribution in [0.3, 0.4) is 0 Å². The van der Waals surface area contributed by atoms with E-state index in [2.05, 4.69) is 17.2 Å². The number of benzene rings is 1. The van der Waals surface area contributed by atoms with Gasteiger partial charge in [0, 0.05) is 24.5 Å². The standard InChI is InChI=1S/C15H18N2O2/c1-10-12(6-7-19-10)9-16-14-8-11-4-2-3-5-13(11)15(18)17-14/h2-5,8,10,12H,6-7,9H2,1H3,(H2,16,17,18). The number of ether oxygens (including phenoxy) is 1. The zero-order valence-corrected chi connectivity index (χ0v) is 11.0. The molecule has 2 heterocycles. The van der Waals surface area contributed by atoms with E-state index in [9.17, 15) is 4.79 Å². The molecule has 2 atom stereocenters. The summed E-state index contributed by atoms with van der Waals surface area (Å²) in [6, 6.07) is 9.60. The van der Waals surface area contributed by atoms with E-state index in [1.165, 1.54) is 0 Å². The fourth-order valence-electron chi connectivity index (χ4n) is 2.59. The first-order chi connectivity index (χ1) is 9.24. The highest BCUT2D eigenvalue weighted by atomic mass is 16.5. The van der Waals surface area contributed by atoms with Crippen molar-refractivity contribution in [3.63, 3.8) is 0 Å². The Morgan fingerprint density at radius 1 is 1.42 bits per heavy atom. The molecular formula is C15H18N2O2. The summed E-state index contributed by atoms with van der Waals surface area (Å²) in [6.07, 6.45) is 1.37. The molecule has 19 heavy (non-hydrogen) atoms. The first-order valence-electron chi connectivity index (χ1n) is 6.71. The van der Waals surface area contributed by atoms with Crippen molar-refractivity contribution in [2.45, 2.75) is 19.4 Å². The van der Waals surface area contributed by atoms with Gasteiger partial charge in [0.2, 0.25) is 0 Å². The summed E-state index contributed by atoms with van der Waals surface area (Å²) in [6.45, 7) is 3.76. The van der Waals surface area contributed by atoms with Gasteiger partial charge in [0.1, 0.15) is 5.82 Å². The van der Waals surface area contributed by atoms with E-state index in [1.807, 2.05) is 30.3 Å². The van der Waals surface area contributed by atoms with Crippen LogP contribution in [0.15, 0.2) is 35.1 Å². The van der Waals surface area contributed by atoms with Gasteiger partial charge in [-0.2, -0.15) is 0 Å². The van der Waals surface area contributed by atoms with Gasteiger partial charge in [0.25, 0.3) is 5.56 Å². The van der Waals surface area contributed by atoms with Crippen molar-refractivity contribution >= 4 is 16.6 Å². The minimum Gasteiger partial charge on any atom is -0.378 e. The molecule has 2 aromatic rings. The van der Waals surface area contributed by atoms with Gasteiger partial charge in [0.05, 0.1) is 6.10 Å². The van der Waals surface area contributed by atoms with Crippen molar-refractivity contribution < 1.29 is 4.74 Å². The molecule has 1 aromatic heterocycles. The van der Waals surface area contributed by atoms with Crippen LogP contribution in [0.1, 0.15) is 13.3 Å². The molecule has 100 valence electrons. The number of H-pyrrole nitrogens is 1. The Hall–Kier alpha value is -1.81. The predicted octanol–water partition coefficient (Wildman–Crippen LogP) is 2.37. The SMILES string of the molecule is CC1OCCC1CNc1cc2ccccc2c(=O)[nH]1. The van der Waals surface area contributed by atoms with Crippen LogP contribution in [0.5, 0.6) is 0 Å². The van der Waals surface area contributed by atoms with Crippen LogP contribution in [0.25, 0.3) is 10.8 Å². The van der Waals surface area contributed by atoms with Gasteiger partial charge in [-0.05, 0) is 30.9 Å². The molecule has 4 heteroatoms. The first kappa shape index (κ1) is 12.2. The van der Waals surface area contributed by atoms with Crippen molar-refractivity contribution in [3.05, 3.63) is 40.7 Å². The van der Waals surface area contributed by atoms with Crippen molar-refractivity contribution in [2.75, 3.05) is 18.5 Å². The molecule has 0 saturated carbocycles. The van der Waals surface area contributed by atoms with Gasteiger partial charge in [0.15, 0.2) is 0 Å². The van der Waals surface area contributed by atoms with Crippen molar-refractivity contribution in [2.24, 2.45) is 5.92 Å². The number of fused-ring (bicyclic) bond motifs is 1. The van der Waals surface area contributed by atoms with Crippen LogP contribution in [0.4, 0.5) is 5.82 Å². The van der Waals surface area contributed by atoms with Gasteiger partial charge in [-0.25, -0.2) is 0 Å². The minimum absolute atomic E-state index is 0.0451. The highest BCUT2D eigenvalue weighted by Crippen LogP contribution is 2.21. The maximum Gasteiger partial charge on any atom is 0.257 e. The largest absolute Gasteiger partial charge is 0.378 e. The number of nitrogens with one attached hydrogen (secondary N) is 2. The molecule has 0 aliphatic carbocycles. The molecule has 0 radical (unpaired) electrons. The molecular weight excluding hydrogens is 240 g/mol. The Kier molecular flexibility index (Phi) is 3.25. The maximum atomic E-state index is 11.9. The molecule has 1 saturated heterocycles. The van der Waals surface area contributed by atoms with E-state index in [4.69, 9.17) is 4.74 Å². The Morgan fingerprint density at radius 3 is 3.05 bits per heavy atom. The topological polar surface area (TPSA) is 54.1 Å². The van der Waals surface area contributed by atoms with Crippen LogP contribution in [0, 0.1) is 5.92 Å². The molecule has 3 rings (SSSR count). The number of pyridine rings is 1. The average molecular weight is 258 g/mol. The zero-order valence-electron chi connectivity index (χ0n) is 11.0. The van der Waals surface area contributed by atoms with Gasteiger partial charge in [-0.1, -0.05) is 18.2 Å². The summed E-state index contributed by atoms with van der Waals surface area (Å²) < 4.78 is 5.54. The lowest BCUT2D eigenvalue weighted by molar-refractivity contribution is 0.108. The molecule has 1 aliphatic heterocycles. The van der Waals surface area contributed by atoms with Gasteiger partial charge >= 0.3 is 0 Å². The number of aromatic nitrogens is 1. The van der Waals surface area contributed by atoms with Crippen molar-refractivity contribution in [3.8, 4) is 0 Å². The fourth-order valence-corrected chi connectivity index (χ4v) is 2.59. The Bertz CT molecular complexity index is 635. The second-order valence-corrected chi connectivity index (χ2v) is 5.10. The lowest BCUT2D eigenvalue weighted by Gasteiger charge is -2.15. The van der Waals surface area contributed by atoms with Crippen LogP contribution >= 0.6 is 0 Å². The molecule has 2 unspecified atom stereocenters. The monoisotopic (exact) mass is 258 g/mol. The van der Waals surface area contributed by atoms with Gasteiger partial charge in [-0.15, -0.1) is 0 Å². The highest BCUT2D eigenvalue weighted by Gasteiger charge is 2.23. The van der Waals surface area contributed by atoms with E-state index in [0.29, 0.717) is 12.0 Å². The molecule has 1 aliphatic rings. The zero-order chi connectivity index (χ0) is 13.2. The average Bonchev–Trinajstić information content (AvgIpc) is 2.82. The third-order valence-electron chi connectivity index (χ3n) is 3.84. The summed E-state index contributed by atoms with van der Waals surface area (Å²) in [5, 5.41) is 5.00. The highest BCUT2D eigenvalue weighted by molar-refractivity contribution is 5.83. The first-order valence-corrected chi connectivity index (χ1v) is 6.71. The second-order valence-electron chi connectivity index (χ2n) is 5.10. The van der Waals surface area contributed by atoms with Crippen LogP contribution in [-0.2, 0) is 4.74 Å². The van der Waals surface area contributed by atoms with Crippen molar-refractivity contribution in [1.82, 2.24) is 4.98 Å². The molecule has 1 fully saturated rings. The lowest BCUT2D eigenvalue weighted by Crippen LogP contribution is -2.22. The van der Waals surface area contributed by atoms with Crippen LogP contribution in [-0.4, -0.2) is 24.2 Å². The maximum absolute atomic E-state index is 11.9. The fraction of sp³-hybridized carbons (Fsp3) is 0.400. The molecule has 1 aromatic carbocycles. The second kappa shape index (κ2) is 5.05. The van der Waals surface area contributed by atoms with Crippen LogP contribution < -0.4 is 10.9 Å². The van der Waals surface area contributed by atoms with E-state index in [1.54, 1.807) is 0 Å². The van der Waals surface area contributed by atoms with E-state index in [-0.39, 0.29) is 5.56 Å². The minimum atomic E-state index is -0.0451. The van der Waals surface area contributed by atoms with Crippen molar-refractivity contribution in [1.29, 1.82) is 0 Å².